The smallest absolute Gasteiger partial charge is 0.408 e. The van der Waals surface area contributed by atoms with Gasteiger partial charge in [0, 0.05) is 12.6 Å². The number of alkyl carbamates (subject to hydrolysis) is 1. The summed E-state index contributed by atoms with van der Waals surface area (Å²) in [4.78, 5) is 37.9. The molecule has 0 saturated carbocycles. The van der Waals surface area contributed by atoms with Crippen molar-refractivity contribution in [2.24, 2.45) is 0 Å². The van der Waals surface area contributed by atoms with E-state index < -0.39 is 62.0 Å². The summed E-state index contributed by atoms with van der Waals surface area (Å²) in [6.07, 6.45) is -0.382. The molecule has 0 fully saturated rings. The number of carbonyl (C=O) groups is 3. The molecule has 2 rings (SSSR count). The summed E-state index contributed by atoms with van der Waals surface area (Å²) in [6, 6.07) is 9.90. The quantitative estimate of drug-likeness (QED) is 0.136. The molecule has 2 aromatic carbocycles. The minimum atomic E-state index is -3.54. The monoisotopic (exact) mass is 627 g/mol. The molecule has 0 heterocycles. The zero-order chi connectivity index (χ0) is 31.7. The lowest BCUT2D eigenvalue weighted by molar-refractivity contribution is -0.124. The van der Waals surface area contributed by atoms with Gasteiger partial charge in [-0.05, 0) is 62.8 Å². The number of benzene rings is 2. The average molecular weight is 628 g/mol. The molecule has 0 aliphatic heterocycles. The van der Waals surface area contributed by atoms with Gasteiger partial charge in [0.05, 0.1) is 25.9 Å². The molecule has 0 aromatic heterocycles. The maximum absolute atomic E-state index is 13.6. The van der Waals surface area contributed by atoms with Crippen LogP contribution < -0.4 is 16.0 Å². The van der Waals surface area contributed by atoms with Crippen LogP contribution in [0.4, 0.5) is 13.6 Å². The normalized spacial score (nSPS) is 12.7. The molecular weight excluding hydrogens is 587 g/mol. The molecule has 1 unspecified atom stereocenters. The highest BCUT2D eigenvalue weighted by Gasteiger charge is 2.28. The third kappa shape index (κ3) is 14.1. The van der Waals surface area contributed by atoms with Crippen LogP contribution in [-0.4, -0.2) is 67.6 Å². The molecule has 2 atom stereocenters. The van der Waals surface area contributed by atoms with Crippen LogP contribution in [0.15, 0.2) is 48.5 Å². The second-order valence-electron chi connectivity index (χ2n) is 9.58. The summed E-state index contributed by atoms with van der Waals surface area (Å²) in [5.74, 6) is -2.72. The lowest BCUT2D eigenvalue weighted by Gasteiger charge is -2.22. The van der Waals surface area contributed by atoms with Gasteiger partial charge in [0.25, 0.3) is 0 Å². The molecule has 2 aromatic rings. The summed E-state index contributed by atoms with van der Waals surface area (Å²) in [7, 11) is -3.54. The Kier molecular flexibility index (Phi) is 15.8. The molecular formula is C29H40F2N3O8P. The highest BCUT2D eigenvalue weighted by Crippen LogP contribution is 2.47. The Morgan fingerprint density at radius 1 is 0.930 bits per heavy atom. The van der Waals surface area contributed by atoms with E-state index in [1.807, 2.05) is 6.07 Å². The fourth-order valence-electron chi connectivity index (χ4n) is 4.11. The van der Waals surface area contributed by atoms with Crippen molar-refractivity contribution in [3.8, 4) is 0 Å². The van der Waals surface area contributed by atoms with Crippen LogP contribution in [0.3, 0.4) is 0 Å². The standard InChI is InChI=1S/C29H40F2N3O8P/c1-3-41-43(39,42-4-2)20-27(36)32-13-9-8-12-26(34-29(38)40-19-21-10-6-5-7-11-21)28(37)33-25(18-35)16-22-14-23(30)17-24(31)15-22/h5-7,10-11,14-15,17,25-26,35H,3-4,8-9,12-13,16,18-20H2,1-2H3,(H,32,36)(H,33,37)(H,34,38)/t25-,26?/m0/s1. The van der Waals surface area contributed by atoms with E-state index in [4.69, 9.17) is 13.8 Å². The minimum Gasteiger partial charge on any atom is -0.445 e. The molecule has 4 N–H and O–H groups in total. The third-order valence-corrected chi connectivity index (χ3v) is 8.00. The summed E-state index contributed by atoms with van der Waals surface area (Å²) in [6.45, 7) is 3.21. The molecule has 0 aliphatic carbocycles. The number of nitrogens with one attached hydrogen (secondary N) is 3. The minimum absolute atomic E-state index is 0.0230. The van der Waals surface area contributed by atoms with Crippen molar-refractivity contribution >= 4 is 25.5 Å². The van der Waals surface area contributed by atoms with Gasteiger partial charge in [-0.3, -0.25) is 14.2 Å². The Morgan fingerprint density at radius 2 is 1.58 bits per heavy atom. The van der Waals surface area contributed by atoms with Crippen molar-refractivity contribution in [3.05, 3.63) is 71.3 Å². The number of aliphatic hydroxyl groups is 1. The van der Waals surface area contributed by atoms with Gasteiger partial charge >= 0.3 is 13.7 Å². The maximum Gasteiger partial charge on any atom is 0.408 e. The van der Waals surface area contributed by atoms with Crippen LogP contribution in [0, 0.1) is 11.6 Å². The number of hydrogen-bond donors (Lipinski definition) is 4. The summed E-state index contributed by atoms with van der Waals surface area (Å²) < 4.78 is 55.2. The Labute approximate surface area is 250 Å². The molecule has 43 heavy (non-hydrogen) atoms. The number of aliphatic hydroxyl groups excluding tert-OH is 1. The number of carbonyl (C=O) groups excluding carboxylic acids is 3. The van der Waals surface area contributed by atoms with Crippen LogP contribution in [0.2, 0.25) is 0 Å². The number of amides is 3. The van der Waals surface area contributed by atoms with Gasteiger partial charge in [0.1, 0.15) is 30.4 Å². The second-order valence-corrected chi connectivity index (χ2v) is 11.6. The number of hydrogen-bond acceptors (Lipinski definition) is 8. The van der Waals surface area contributed by atoms with Crippen molar-refractivity contribution in [1.82, 2.24) is 16.0 Å². The van der Waals surface area contributed by atoms with Gasteiger partial charge in [-0.1, -0.05) is 30.3 Å². The SMILES string of the molecule is CCOP(=O)(CC(=O)NCCCCC(NC(=O)OCc1ccccc1)C(=O)N[C@H](CO)Cc1cc(F)cc(F)c1)OCC. The lowest BCUT2D eigenvalue weighted by Crippen LogP contribution is -2.51. The van der Waals surface area contributed by atoms with Crippen molar-refractivity contribution < 1.29 is 46.6 Å². The molecule has 3 amide bonds. The van der Waals surface area contributed by atoms with Crippen molar-refractivity contribution in [3.63, 3.8) is 0 Å². The largest absolute Gasteiger partial charge is 0.445 e. The molecule has 0 spiro atoms. The maximum atomic E-state index is 13.6. The van der Waals surface area contributed by atoms with Crippen LogP contribution in [0.5, 0.6) is 0 Å². The highest BCUT2D eigenvalue weighted by atomic mass is 31.2. The van der Waals surface area contributed by atoms with E-state index in [-0.39, 0.29) is 44.8 Å². The molecule has 0 aliphatic rings. The fourth-order valence-corrected chi connectivity index (χ4v) is 5.61. The van der Waals surface area contributed by atoms with Crippen LogP contribution >= 0.6 is 7.60 Å². The van der Waals surface area contributed by atoms with Gasteiger partial charge in [-0.2, -0.15) is 0 Å². The third-order valence-electron chi connectivity index (χ3n) is 6.02. The molecule has 238 valence electrons. The zero-order valence-corrected chi connectivity index (χ0v) is 25.2. The molecule has 14 heteroatoms. The van der Waals surface area contributed by atoms with Crippen molar-refractivity contribution in [2.45, 2.75) is 58.2 Å². The average Bonchev–Trinajstić information content (AvgIpc) is 2.95. The predicted molar refractivity (Wildman–Crippen MR) is 155 cm³/mol. The van der Waals surface area contributed by atoms with Crippen LogP contribution in [0.1, 0.15) is 44.2 Å². The Bertz CT molecular complexity index is 1190. The van der Waals surface area contributed by atoms with E-state index in [2.05, 4.69) is 16.0 Å². The van der Waals surface area contributed by atoms with Gasteiger partial charge in [0.2, 0.25) is 11.8 Å². The van der Waals surface area contributed by atoms with Crippen molar-refractivity contribution in [2.75, 3.05) is 32.5 Å². The van der Waals surface area contributed by atoms with E-state index in [9.17, 15) is 32.8 Å². The van der Waals surface area contributed by atoms with E-state index in [0.29, 0.717) is 12.8 Å². The van der Waals surface area contributed by atoms with E-state index in [1.165, 1.54) is 0 Å². The summed E-state index contributed by atoms with van der Waals surface area (Å²) >= 11 is 0. The summed E-state index contributed by atoms with van der Waals surface area (Å²) in [5.41, 5.74) is 0.980. The number of ether oxygens (including phenoxy) is 1. The predicted octanol–water partition coefficient (Wildman–Crippen LogP) is 3.83. The van der Waals surface area contributed by atoms with Gasteiger partial charge in [0.15, 0.2) is 0 Å². The number of rotatable bonds is 19. The lowest BCUT2D eigenvalue weighted by atomic mass is 10.0. The second kappa shape index (κ2) is 19.0. The van der Waals surface area contributed by atoms with Crippen molar-refractivity contribution in [1.29, 1.82) is 0 Å². The van der Waals surface area contributed by atoms with Gasteiger partial charge in [-0.25, -0.2) is 13.6 Å². The topological polar surface area (TPSA) is 152 Å². The van der Waals surface area contributed by atoms with Crippen LogP contribution in [-0.2, 0) is 41.0 Å². The number of unbranched alkanes of at least 4 members (excludes halogenated alkanes) is 1. The molecule has 0 radical (unpaired) electrons. The molecule has 11 nitrogen and oxygen atoms in total. The molecule has 0 bridgehead atoms. The van der Waals surface area contributed by atoms with E-state index in [1.54, 1.807) is 38.1 Å². The fraction of sp³-hybridized carbons (Fsp3) is 0.483. The summed E-state index contributed by atoms with van der Waals surface area (Å²) in [5, 5.41) is 17.6. The van der Waals surface area contributed by atoms with Gasteiger partial charge < -0.3 is 34.8 Å². The first-order chi connectivity index (χ1) is 20.6. The Balaban J connectivity index is 1.96. The first-order valence-electron chi connectivity index (χ1n) is 14.1. The number of halogens is 2. The van der Waals surface area contributed by atoms with E-state index >= 15 is 0 Å². The molecule has 0 saturated heterocycles. The first kappa shape index (κ1) is 35.8. The Morgan fingerprint density at radius 3 is 2.19 bits per heavy atom. The highest BCUT2D eigenvalue weighted by molar-refractivity contribution is 7.54. The Hall–Kier alpha value is -3.38. The van der Waals surface area contributed by atoms with Crippen LogP contribution in [0.25, 0.3) is 0 Å². The zero-order valence-electron chi connectivity index (χ0n) is 24.4. The van der Waals surface area contributed by atoms with Gasteiger partial charge in [-0.15, -0.1) is 0 Å². The van der Waals surface area contributed by atoms with E-state index in [0.717, 1.165) is 23.8 Å². The first-order valence-corrected chi connectivity index (χ1v) is 15.8.